The number of carbonyl (C=O) groups excluding carboxylic acids is 1. The van der Waals surface area contributed by atoms with Gasteiger partial charge in [0.25, 0.3) is 11.6 Å². The molecule has 0 saturated carbocycles. The molecular formula is C11H12BrFN2O3. The molecule has 98 valence electrons. The summed E-state index contributed by atoms with van der Waals surface area (Å²) in [5.74, 6) is -1.34. The van der Waals surface area contributed by atoms with Crippen molar-refractivity contribution in [2.75, 3.05) is 6.54 Å². The maximum Gasteiger partial charge on any atom is 0.282 e. The summed E-state index contributed by atoms with van der Waals surface area (Å²) in [4.78, 5) is 21.8. The summed E-state index contributed by atoms with van der Waals surface area (Å²) in [7, 11) is 0. The van der Waals surface area contributed by atoms with Gasteiger partial charge in [-0.2, -0.15) is 0 Å². The maximum atomic E-state index is 13.0. The second-order valence-corrected chi connectivity index (χ2v) is 4.93. The molecule has 1 unspecified atom stereocenters. The lowest BCUT2D eigenvalue weighted by Crippen LogP contribution is -2.29. The molecule has 1 amide bonds. The number of benzene rings is 1. The average molecular weight is 319 g/mol. The molecule has 0 heterocycles. The van der Waals surface area contributed by atoms with Crippen LogP contribution in [0.4, 0.5) is 10.1 Å². The summed E-state index contributed by atoms with van der Waals surface area (Å²) >= 11 is 3.32. The van der Waals surface area contributed by atoms with Crippen molar-refractivity contribution in [2.24, 2.45) is 0 Å². The molecule has 0 spiro atoms. The lowest BCUT2D eigenvalue weighted by atomic mass is 10.1. The fourth-order valence-electron chi connectivity index (χ4n) is 1.29. The number of halogens is 2. The number of rotatable bonds is 5. The zero-order valence-corrected chi connectivity index (χ0v) is 11.2. The quantitative estimate of drug-likeness (QED) is 0.515. The van der Waals surface area contributed by atoms with Gasteiger partial charge >= 0.3 is 0 Å². The van der Waals surface area contributed by atoms with Crippen LogP contribution in [0.5, 0.6) is 0 Å². The zero-order valence-electron chi connectivity index (χ0n) is 9.65. The summed E-state index contributed by atoms with van der Waals surface area (Å²) in [5.41, 5.74) is -0.674. The van der Waals surface area contributed by atoms with Crippen molar-refractivity contribution in [3.63, 3.8) is 0 Å². The Morgan fingerprint density at radius 2 is 2.28 bits per heavy atom. The first-order chi connectivity index (χ1) is 8.45. The first-order valence-corrected chi connectivity index (χ1v) is 6.23. The van der Waals surface area contributed by atoms with Gasteiger partial charge in [0.1, 0.15) is 11.4 Å². The van der Waals surface area contributed by atoms with Gasteiger partial charge in [0, 0.05) is 17.4 Å². The molecule has 5 nitrogen and oxygen atoms in total. The molecule has 1 aromatic rings. The number of hydrogen-bond donors (Lipinski definition) is 1. The van der Waals surface area contributed by atoms with Crippen LogP contribution in [0, 0.1) is 15.9 Å². The van der Waals surface area contributed by atoms with Crippen LogP contribution < -0.4 is 5.32 Å². The van der Waals surface area contributed by atoms with Crippen LogP contribution in [0.15, 0.2) is 18.2 Å². The van der Waals surface area contributed by atoms with Crippen LogP contribution in [-0.4, -0.2) is 22.2 Å². The first-order valence-electron chi connectivity index (χ1n) is 5.32. The number of nitro benzene ring substituents is 1. The zero-order chi connectivity index (χ0) is 13.7. The molecule has 7 heteroatoms. The number of alkyl halides is 1. The van der Waals surface area contributed by atoms with E-state index in [2.05, 4.69) is 21.2 Å². The topological polar surface area (TPSA) is 72.2 Å². The van der Waals surface area contributed by atoms with E-state index in [1.807, 2.05) is 6.92 Å². The van der Waals surface area contributed by atoms with Crippen molar-refractivity contribution < 1.29 is 14.1 Å². The second-order valence-electron chi connectivity index (χ2n) is 3.63. The number of hydrogen-bond acceptors (Lipinski definition) is 3. The molecule has 0 saturated heterocycles. The Balaban J connectivity index is 2.90. The lowest BCUT2D eigenvalue weighted by Gasteiger charge is -2.09. The molecule has 1 rings (SSSR count). The molecule has 0 radical (unpaired) electrons. The van der Waals surface area contributed by atoms with E-state index in [4.69, 9.17) is 0 Å². The normalized spacial score (nSPS) is 11.9. The van der Waals surface area contributed by atoms with Gasteiger partial charge in [-0.05, 0) is 18.6 Å². The van der Waals surface area contributed by atoms with Crippen molar-refractivity contribution >= 4 is 27.5 Å². The summed E-state index contributed by atoms with van der Waals surface area (Å²) in [5, 5.41) is 13.2. The van der Waals surface area contributed by atoms with Crippen LogP contribution >= 0.6 is 15.9 Å². The highest BCUT2D eigenvalue weighted by atomic mass is 79.9. The summed E-state index contributed by atoms with van der Waals surface area (Å²) in [6.45, 7) is 2.25. The summed E-state index contributed by atoms with van der Waals surface area (Å²) < 4.78 is 13.0. The highest BCUT2D eigenvalue weighted by molar-refractivity contribution is 9.09. The third kappa shape index (κ3) is 3.76. The molecule has 0 aliphatic carbocycles. The van der Waals surface area contributed by atoms with Gasteiger partial charge in [-0.15, -0.1) is 0 Å². The molecule has 0 bridgehead atoms. The highest BCUT2D eigenvalue weighted by Crippen LogP contribution is 2.19. The van der Waals surface area contributed by atoms with E-state index in [0.29, 0.717) is 6.54 Å². The number of nitrogens with one attached hydrogen (secondary N) is 1. The molecule has 0 aliphatic heterocycles. The van der Waals surface area contributed by atoms with Crippen molar-refractivity contribution in [1.82, 2.24) is 5.32 Å². The van der Waals surface area contributed by atoms with Gasteiger partial charge in [0.2, 0.25) is 0 Å². The Kier molecular flexibility index (Phi) is 5.21. The Hall–Kier alpha value is -1.50. The minimum atomic E-state index is -0.709. The molecular weight excluding hydrogens is 307 g/mol. The third-order valence-corrected chi connectivity index (χ3v) is 3.30. The fraction of sp³-hybridized carbons (Fsp3) is 0.364. The highest BCUT2D eigenvalue weighted by Gasteiger charge is 2.20. The molecule has 1 N–H and O–H groups in total. The third-order valence-electron chi connectivity index (χ3n) is 2.33. The van der Waals surface area contributed by atoms with Gasteiger partial charge < -0.3 is 5.32 Å². The van der Waals surface area contributed by atoms with E-state index >= 15 is 0 Å². The average Bonchev–Trinajstić information content (AvgIpc) is 2.34. The van der Waals surface area contributed by atoms with E-state index in [-0.39, 0.29) is 10.4 Å². The smallest absolute Gasteiger partial charge is 0.282 e. The Labute approximate surface area is 112 Å². The molecule has 0 aliphatic rings. The van der Waals surface area contributed by atoms with Gasteiger partial charge in [0.15, 0.2) is 0 Å². The predicted molar refractivity (Wildman–Crippen MR) is 68.4 cm³/mol. The number of nitrogens with zero attached hydrogens (tertiary/aromatic N) is 1. The largest absolute Gasteiger partial charge is 0.351 e. The van der Waals surface area contributed by atoms with Crippen LogP contribution in [0.1, 0.15) is 23.7 Å². The number of nitro groups is 1. The molecule has 18 heavy (non-hydrogen) atoms. The molecule has 0 fully saturated rings. The van der Waals surface area contributed by atoms with Crippen molar-refractivity contribution in [3.05, 3.63) is 39.7 Å². The molecule has 0 aromatic heterocycles. The minimum Gasteiger partial charge on any atom is -0.351 e. The van der Waals surface area contributed by atoms with E-state index < -0.39 is 22.3 Å². The summed E-state index contributed by atoms with van der Waals surface area (Å²) in [6.07, 6.45) is 0.797. The minimum absolute atomic E-state index is 0.0778. The SMILES string of the molecule is CCC(Br)CNC(=O)c1cc(F)ccc1[N+](=O)[O-]. The maximum absolute atomic E-state index is 13.0. The monoisotopic (exact) mass is 318 g/mol. The Morgan fingerprint density at radius 1 is 1.61 bits per heavy atom. The van der Waals surface area contributed by atoms with Crippen LogP contribution in [0.3, 0.4) is 0 Å². The molecule has 1 aromatic carbocycles. The Morgan fingerprint density at radius 3 is 2.83 bits per heavy atom. The molecule has 1 atom stereocenters. The number of carbonyl (C=O) groups is 1. The van der Waals surface area contributed by atoms with E-state index in [9.17, 15) is 19.3 Å². The van der Waals surface area contributed by atoms with E-state index in [1.165, 1.54) is 0 Å². The van der Waals surface area contributed by atoms with Gasteiger partial charge in [-0.25, -0.2) is 4.39 Å². The van der Waals surface area contributed by atoms with Crippen molar-refractivity contribution in [2.45, 2.75) is 18.2 Å². The summed E-state index contributed by atoms with van der Waals surface area (Å²) in [6, 6.07) is 2.80. The van der Waals surface area contributed by atoms with Gasteiger partial charge in [-0.3, -0.25) is 14.9 Å². The van der Waals surface area contributed by atoms with Gasteiger partial charge in [0.05, 0.1) is 4.92 Å². The van der Waals surface area contributed by atoms with Crippen molar-refractivity contribution in [3.8, 4) is 0 Å². The van der Waals surface area contributed by atoms with Crippen LogP contribution in [0.2, 0.25) is 0 Å². The van der Waals surface area contributed by atoms with Crippen LogP contribution in [-0.2, 0) is 0 Å². The van der Waals surface area contributed by atoms with Gasteiger partial charge in [-0.1, -0.05) is 22.9 Å². The Bertz CT molecular complexity index is 468. The predicted octanol–water partition coefficient (Wildman–Crippen LogP) is 2.64. The fourth-order valence-corrected chi connectivity index (χ4v) is 1.45. The second kappa shape index (κ2) is 6.44. The van der Waals surface area contributed by atoms with E-state index in [1.54, 1.807) is 0 Å². The standard InChI is InChI=1S/C11H12BrFN2O3/c1-2-7(12)6-14-11(16)9-5-8(13)3-4-10(9)15(17)18/h3-5,7H,2,6H2,1H3,(H,14,16). The lowest BCUT2D eigenvalue weighted by molar-refractivity contribution is -0.385. The van der Waals surface area contributed by atoms with E-state index in [0.717, 1.165) is 24.6 Å². The number of amides is 1. The first kappa shape index (κ1) is 14.6. The van der Waals surface area contributed by atoms with Crippen molar-refractivity contribution in [1.29, 1.82) is 0 Å². The van der Waals surface area contributed by atoms with Crippen LogP contribution in [0.25, 0.3) is 0 Å².